The predicted octanol–water partition coefficient (Wildman–Crippen LogP) is 2.51. The smallest absolute Gasteiger partial charge is 0.362 e. The molecule has 78 valence electrons. The molecule has 0 aromatic heterocycles. The van der Waals surface area contributed by atoms with Gasteiger partial charge < -0.3 is 14.5 Å². The molecule has 0 radical (unpaired) electrons. The number of benzene rings is 1. The van der Waals surface area contributed by atoms with Gasteiger partial charge in [-0.1, -0.05) is 29.3 Å². The van der Waals surface area contributed by atoms with Crippen LogP contribution in [0.15, 0.2) is 18.2 Å². The van der Waals surface area contributed by atoms with Crippen molar-refractivity contribution in [3.63, 3.8) is 0 Å². The molecule has 0 aliphatic carbocycles. The second kappa shape index (κ2) is 4.51. The Balaban J connectivity index is 2.82. The molecule has 7 heteroatoms. The van der Waals surface area contributed by atoms with E-state index in [0.717, 1.165) is 0 Å². The van der Waals surface area contributed by atoms with Crippen LogP contribution in [0, 0.1) is 0 Å². The van der Waals surface area contributed by atoms with Gasteiger partial charge in [-0.3, -0.25) is 4.57 Å². The van der Waals surface area contributed by atoms with Crippen molar-refractivity contribution in [3.8, 4) is 5.75 Å². The summed E-state index contributed by atoms with van der Waals surface area (Å²) in [6.07, 6.45) is -0.740. The molecule has 0 saturated heterocycles. The molecule has 0 saturated carbocycles. The van der Waals surface area contributed by atoms with Crippen molar-refractivity contribution in [2.75, 3.05) is 6.35 Å². The van der Waals surface area contributed by atoms with E-state index in [9.17, 15) is 4.57 Å². The highest BCUT2D eigenvalue weighted by Gasteiger charge is 2.16. The average molecular weight is 257 g/mol. The Hall–Kier alpha value is -0.250. The van der Waals surface area contributed by atoms with E-state index in [2.05, 4.69) is 0 Å². The third-order valence-corrected chi connectivity index (χ3v) is 2.36. The molecule has 0 aliphatic heterocycles. The molecule has 0 spiro atoms. The molecule has 0 fully saturated rings. The van der Waals surface area contributed by atoms with Gasteiger partial charge in [0.1, 0.15) is 0 Å². The first-order chi connectivity index (χ1) is 6.40. The molecular weight excluding hydrogens is 250 g/mol. The number of halogens is 2. The summed E-state index contributed by atoms with van der Waals surface area (Å²) in [5.41, 5.74) is 0. The van der Waals surface area contributed by atoms with Crippen LogP contribution < -0.4 is 4.74 Å². The molecule has 0 atom stereocenters. The van der Waals surface area contributed by atoms with Crippen molar-refractivity contribution < 1.29 is 19.1 Å². The average Bonchev–Trinajstić information content (AvgIpc) is 2.01. The van der Waals surface area contributed by atoms with Crippen LogP contribution in [0.4, 0.5) is 0 Å². The van der Waals surface area contributed by atoms with E-state index in [-0.39, 0.29) is 15.8 Å². The van der Waals surface area contributed by atoms with E-state index < -0.39 is 13.9 Å². The predicted molar refractivity (Wildman–Crippen MR) is 54.0 cm³/mol. The summed E-state index contributed by atoms with van der Waals surface area (Å²) in [5, 5.41) is 0.428. The van der Waals surface area contributed by atoms with Crippen molar-refractivity contribution in [2.45, 2.75) is 0 Å². The number of ether oxygens (including phenoxy) is 1. The summed E-state index contributed by atoms with van der Waals surface area (Å²) < 4.78 is 15.3. The lowest BCUT2D eigenvalue weighted by molar-refractivity contribution is 0.301. The van der Waals surface area contributed by atoms with Crippen molar-refractivity contribution in [2.24, 2.45) is 0 Å². The number of hydrogen-bond donors (Lipinski definition) is 2. The lowest BCUT2D eigenvalue weighted by Gasteiger charge is -2.09. The second-order valence-corrected chi connectivity index (χ2v) is 4.89. The SMILES string of the molecule is O=P(O)(O)COc1c(Cl)cccc1Cl. The molecule has 1 aromatic carbocycles. The van der Waals surface area contributed by atoms with Crippen LogP contribution in [0.2, 0.25) is 10.0 Å². The van der Waals surface area contributed by atoms with Crippen LogP contribution in [0.25, 0.3) is 0 Å². The van der Waals surface area contributed by atoms with Crippen molar-refractivity contribution in [1.29, 1.82) is 0 Å². The van der Waals surface area contributed by atoms with Gasteiger partial charge in [0.2, 0.25) is 0 Å². The monoisotopic (exact) mass is 256 g/mol. The molecular formula is C7H7Cl2O4P. The zero-order valence-electron chi connectivity index (χ0n) is 6.85. The summed E-state index contributed by atoms with van der Waals surface area (Å²) in [4.78, 5) is 17.1. The molecule has 14 heavy (non-hydrogen) atoms. The lowest BCUT2D eigenvalue weighted by Crippen LogP contribution is -1.98. The van der Waals surface area contributed by atoms with Crippen LogP contribution >= 0.6 is 30.8 Å². The van der Waals surface area contributed by atoms with Gasteiger partial charge in [0, 0.05) is 0 Å². The molecule has 2 N–H and O–H groups in total. The highest BCUT2D eigenvalue weighted by molar-refractivity contribution is 7.51. The molecule has 1 aromatic rings. The van der Waals surface area contributed by atoms with E-state index in [1.165, 1.54) is 12.1 Å². The molecule has 0 bridgehead atoms. The van der Waals surface area contributed by atoms with Gasteiger partial charge in [-0.2, -0.15) is 0 Å². The number of para-hydroxylation sites is 1. The molecule has 0 unspecified atom stereocenters. The van der Waals surface area contributed by atoms with E-state index in [4.69, 9.17) is 37.7 Å². The van der Waals surface area contributed by atoms with Gasteiger partial charge in [0.05, 0.1) is 10.0 Å². The minimum atomic E-state index is -4.21. The fourth-order valence-electron chi connectivity index (χ4n) is 0.769. The fourth-order valence-corrected chi connectivity index (χ4v) is 1.57. The third kappa shape index (κ3) is 3.48. The highest BCUT2D eigenvalue weighted by atomic mass is 35.5. The molecule has 0 amide bonds. The Morgan fingerprint density at radius 1 is 1.29 bits per heavy atom. The van der Waals surface area contributed by atoms with Crippen molar-refractivity contribution >= 4 is 30.8 Å². The van der Waals surface area contributed by atoms with Crippen LogP contribution in [-0.4, -0.2) is 16.1 Å². The van der Waals surface area contributed by atoms with Crippen LogP contribution in [-0.2, 0) is 4.57 Å². The number of hydrogen-bond acceptors (Lipinski definition) is 2. The minimum absolute atomic E-state index is 0.0826. The standard InChI is InChI=1S/C7H7Cl2O4P/c8-5-2-1-3-6(9)7(5)13-4-14(10,11)12/h1-3H,4H2,(H2,10,11,12). The summed E-state index contributed by atoms with van der Waals surface area (Å²) >= 11 is 11.4. The van der Waals surface area contributed by atoms with Gasteiger partial charge in [-0.15, -0.1) is 0 Å². The Kier molecular flexibility index (Phi) is 3.81. The van der Waals surface area contributed by atoms with Crippen LogP contribution in [0.5, 0.6) is 5.75 Å². The van der Waals surface area contributed by atoms with Gasteiger partial charge in [-0.05, 0) is 12.1 Å². The summed E-state index contributed by atoms with van der Waals surface area (Å²) in [7, 11) is -4.21. The first kappa shape index (κ1) is 11.8. The highest BCUT2D eigenvalue weighted by Crippen LogP contribution is 2.38. The van der Waals surface area contributed by atoms with Gasteiger partial charge in [0.25, 0.3) is 0 Å². The molecule has 1 rings (SSSR count). The molecule has 0 aliphatic rings. The fraction of sp³-hybridized carbons (Fsp3) is 0.143. The van der Waals surface area contributed by atoms with Gasteiger partial charge in [0.15, 0.2) is 12.1 Å². The van der Waals surface area contributed by atoms with Crippen molar-refractivity contribution in [3.05, 3.63) is 28.2 Å². The van der Waals surface area contributed by atoms with E-state index in [1.54, 1.807) is 6.07 Å². The first-order valence-corrected chi connectivity index (χ1v) is 6.07. The van der Waals surface area contributed by atoms with E-state index in [0.29, 0.717) is 0 Å². The maximum absolute atomic E-state index is 10.5. The zero-order chi connectivity index (χ0) is 10.8. The number of rotatable bonds is 3. The summed E-state index contributed by atoms with van der Waals surface area (Å²) in [6, 6.07) is 4.64. The second-order valence-electron chi connectivity index (χ2n) is 2.49. The van der Waals surface area contributed by atoms with Gasteiger partial charge >= 0.3 is 7.60 Å². The first-order valence-electron chi connectivity index (χ1n) is 3.51. The maximum atomic E-state index is 10.5. The minimum Gasteiger partial charge on any atom is -0.478 e. The Morgan fingerprint density at radius 3 is 2.21 bits per heavy atom. The molecule has 0 heterocycles. The van der Waals surface area contributed by atoms with Crippen LogP contribution in [0.3, 0.4) is 0 Å². The topological polar surface area (TPSA) is 66.8 Å². The van der Waals surface area contributed by atoms with Crippen LogP contribution in [0.1, 0.15) is 0 Å². The quantitative estimate of drug-likeness (QED) is 0.816. The normalized spacial score (nSPS) is 11.4. The Morgan fingerprint density at radius 2 is 1.79 bits per heavy atom. The Labute approximate surface area is 90.6 Å². The van der Waals surface area contributed by atoms with E-state index in [1.807, 2.05) is 0 Å². The summed E-state index contributed by atoms with van der Waals surface area (Å²) in [5.74, 6) is 0.0826. The maximum Gasteiger partial charge on any atom is 0.362 e. The third-order valence-electron chi connectivity index (χ3n) is 1.30. The summed E-state index contributed by atoms with van der Waals surface area (Å²) in [6.45, 7) is 0. The Bertz CT molecular complexity index is 356. The molecule has 4 nitrogen and oxygen atoms in total. The van der Waals surface area contributed by atoms with E-state index >= 15 is 0 Å². The van der Waals surface area contributed by atoms with Gasteiger partial charge in [-0.25, -0.2) is 0 Å². The zero-order valence-corrected chi connectivity index (χ0v) is 9.26. The van der Waals surface area contributed by atoms with Crippen molar-refractivity contribution in [1.82, 2.24) is 0 Å². The lowest BCUT2D eigenvalue weighted by atomic mass is 10.3. The largest absolute Gasteiger partial charge is 0.478 e.